The summed E-state index contributed by atoms with van der Waals surface area (Å²) >= 11 is 1.82. The Morgan fingerprint density at radius 3 is 2.87 bits per heavy atom. The molecule has 1 aromatic heterocycles. The average molecular weight is 330 g/mol. The molecule has 2 aromatic rings. The molecule has 0 spiro atoms. The maximum absolute atomic E-state index is 6.04. The molecule has 1 aliphatic rings. The van der Waals surface area contributed by atoms with Gasteiger partial charge in [0, 0.05) is 18.0 Å². The third kappa shape index (κ3) is 4.88. The van der Waals surface area contributed by atoms with E-state index in [-0.39, 0.29) is 0 Å². The molecule has 0 aliphatic carbocycles. The van der Waals surface area contributed by atoms with Gasteiger partial charge in [0.05, 0.1) is 18.8 Å². The fourth-order valence-corrected chi connectivity index (χ4v) is 4.04. The highest BCUT2D eigenvalue weighted by atomic mass is 32.1. The molecule has 1 N–H and O–H groups in total. The summed E-state index contributed by atoms with van der Waals surface area (Å²) < 4.78 is 6.04. The van der Waals surface area contributed by atoms with Crippen molar-refractivity contribution in [2.45, 2.75) is 31.5 Å². The van der Waals surface area contributed by atoms with Crippen LogP contribution in [0.5, 0.6) is 0 Å². The quantitative estimate of drug-likeness (QED) is 0.838. The summed E-state index contributed by atoms with van der Waals surface area (Å²) in [6.07, 6.45) is 2.57. The molecule has 3 nitrogen and oxygen atoms in total. The molecule has 2 heterocycles. The zero-order chi connectivity index (χ0) is 15.9. The van der Waals surface area contributed by atoms with Gasteiger partial charge in [-0.2, -0.15) is 0 Å². The third-order valence-corrected chi connectivity index (χ3v) is 5.30. The predicted molar refractivity (Wildman–Crippen MR) is 96.8 cm³/mol. The highest BCUT2D eigenvalue weighted by Crippen LogP contribution is 2.28. The van der Waals surface area contributed by atoms with Gasteiger partial charge in [0.15, 0.2) is 0 Å². The molecule has 2 atom stereocenters. The van der Waals surface area contributed by atoms with Crippen molar-refractivity contribution in [3.05, 3.63) is 58.3 Å². The molecule has 23 heavy (non-hydrogen) atoms. The van der Waals surface area contributed by atoms with Crippen LogP contribution in [0.4, 0.5) is 0 Å². The molecular formula is C19H26N2OS. The first-order valence-electron chi connectivity index (χ1n) is 8.44. The van der Waals surface area contributed by atoms with E-state index in [4.69, 9.17) is 4.74 Å². The molecule has 1 aliphatic heterocycles. The second kappa shape index (κ2) is 8.60. The van der Waals surface area contributed by atoms with Gasteiger partial charge in [-0.05, 0) is 43.4 Å². The summed E-state index contributed by atoms with van der Waals surface area (Å²) in [6, 6.07) is 15.4. The van der Waals surface area contributed by atoms with Crippen molar-refractivity contribution in [2.75, 3.05) is 26.7 Å². The van der Waals surface area contributed by atoms with Crippen LogP contribution in [0.15, 0.2) is 47.8 Å². The van der Waals surface area contributed by atoms with E-state index in [1.165, 1.54) is 10.4 Å². The van der Waals surface area contributed by atoms with E-state index in [0.29, 0.717) is 12.1 Å². The zero-order valence-electron chi connectivity index (χ0n) is 13.8. The predicted octanol–water partition coefficient (Wildman–Crippen LogP) is 3.69. The molecule has 1 fully saturated rings. The van der Waals surface area contributed by atoms with E-state index >= 15 is 0 Å². The fraction of sp³-hybridized carbons (Fsp3) is 0.474. The van der Waals surface area contributed by atoms with Crippen LogP contribution in [-0.2, 0) is 11.3 Å². The number of nitrogens with one attached hydrogen (secondary N) is 1. The lowest BCUT2D eigenvalue weighted by molar-refractivity contribution is -0.0105. The van der Waals surface area contributed by atoms with Crippen molar-refractivity contribution in [3.63, 3.8) is 0 Å². The van der Waals surface area contributed by atoms with Gasteiger partial charge >= 0.3 is 0 Å². The fourth-order valence-electron chi connectivity index (χ4n) is 3.19. The highest BCUT2D eigenvalue weighted by Gasteiger charge is 2.27. The van der Waals surface area contributed by atoms with Gasteiger partial charge in [0.2, 0.25) is 0 Å². The Balaban J connectivity index is 1.45. The number of ether oxygens (including phenoxy) is 1. The van der Waals surface area contributed by atoms with Gasteiger partial charge in [-0.3, -0.25) is 0 Å². The second-order valence-corrected chi connectivity index (χ2v) is 7.20. The number of hydrogen-bond acceptors (Lipinski definition) is 4. The van der Waals surface area contributed by atoms with E-state index in [1.807, 2.05) is 11.3 Å². The molecule has 2 unspecified atom stereocenters. The second-order valence-electron chi connectivity index (χ2n) is 6.22. The van der Waals surface area contributed by atoms with E-state index in [2.05, 4.69) is 65.1 Å². The topological polar surface area (TPSA) is 24.5 Å². The van der Waals surface area contributed by atoms with E-state index in [9.17, 15) is 0 Å². The first-order valence-corrected chi connectivity index (χ1v) is 9.32. The lowest BCUT2D eigenvalue weighted by Gasteiger charge is -2.32. The maximum Gasteiger partial charge on any atom is 0.0778 e. The Morgan fingerprint density at radius 2 is 2.09 bits per heavy atom. The number of nitrogens with zero attached hydrogens (tertiary/aromatic N) is 1. The number of benzene rings is 1. The van der Waals surface area contributed by atoms with Crippen molar-refractivity contribution in [1.29, 1.82) is 0 Å². The smallest absolute Gasteiger partial charge is 0.0778 e. The van der Waals surface area contributed by atoms with Gasteiger partial charge < -0.3 is 15.0 Å². The van der Waals surface area contributed by atoms with Gasteiger partial charge in [0.1, 0.15) is 0 Å². The lowest BCUT2D eigenvalue weighted by atomic mass is 10.0. The standard InChI is InChI=1S/C19H26N2OS/c1-21(15-16-7-3-2-4-8-16)12-5-9-17-19(20-11-13-22-17)18-10-6-14-23-18/h2-4,6-8,10,14,17,19-20H,5,9,11-13,15H2,1H3. The molecule has 0 amide bonds. The summed E-state index contributed by atoms with van der Waals surface area (Å²) in [4.78, 5) is 3.79. The van der Waals surface area contributed by atoms with Crippen LogP contribution in [0, 0.1) is 0 Å². The Morgan fingerprint density at radius 1 is 1.22 bits per heavy atom. The Bertz CT molecular complexity index is 558. The van der Waals surface area contributed by atoms with Crippen LogP contribution in [0.1, 0.15) is 29.3 Å². The molecule has 0 saturated carbocycles. The molecule has 3 rings (SSSR count). The van der Waals surface area contributed by atoms with Crippen molar-refractivity contribution in [1.82, 2.24) is 10.2 Å². The molecule has 4 heteroatoms. The Labute approximate surface area is 143 Å². The van der Waals surface area contributed by atoms with Crippen molar-refractivity contribution >= 4 is 11.3 Å². The van der Waals surface area contributed by atoms with Crippen LogP contribution in [0.25, 0.3) is 0 Å². The summed E-state index contributed by atoms with van der Waals surface area (Å²) in [5.74, 6) is 0. The average Bonchev–Trinajstić information content (AvgIpc) is 3.10. The van der Waals surface area contributed by atoms with Gasteiger partial charge in [-0.15, -0.1) is 11.3 Å². The Hall–Kier alpha value is -1.20. The van der Waals surface area contributed by atoms with Crippen LogP contribution in [-0.4, -0.2) is 37.7 Å². The lowest BCUT2D eigenvalue weighted by Crippen LogP contribution is -2.41. The first-order chi connectivity index (χ1) is 11.3. The summed E-state index contributed by atoms with van der Waals surface area (Å²) in [6.45, 7) is 3.89. The van der Waals surface area contributed by atoms with Crippen LogP contribution >= 0.6 is 11.3 Å². The van der Waals surface area contributed by atoms with Crippen molar-refractivity contribution in [2.24, 2.45) is 0 Å². The zero-order valence-corrected chi connectivity index (χ0v) is 14.6. The number of thiophene rings is 1. The number of rotatable bonds is 7. The molecule has 0 radical (unpaired) electrons. The molecule has 1 saturated heterocycles. The number of hydrogen-bond donors (Lipinski definition) is 1. The highest BCUT2D eigenvalue weighted by molar-refractivity contribution is 7.10. The minimum Gasteiger partial charge on any atom is -0.375 e. The Kier molecular flexibility index (Phi) is 6.22. The third-order valence-electron chi connectivity index (χ3n) is 4.34. The van der Waals surface area contributed by atoms with Gasteiger partial charge in [0.25, 0.3) is 0 Å². The van der Waals surface area contributed by atoms with E-state index in [1.54, 1.807) is 0 Å². The first kappa shape index (κ1) is 16.7. The van der Waals surface area contributed by atoms with E-state index in [0.717, 1.165) is 39.1 Å². The maximum atomic E-state index is 6.04. The van der Waals surface area contributed by atoms with Crippen molar-refractivity contribution in [3.8, 4) is 0 Å². The van der Waals surface area contributed by atoms with Crippen LogP contribution in [0.3, 0.4) is 0 Å². The van der Waals surface area contributed by atoms with Crippen molar-refractivity contribution < 1.29 is 4.74 Å². The summed E-state index contributed by atoms with van der Waals surface area (Å²) in [7, 11) is 2.20. The van der Waals surface area contributed by atoms with Gasteiger partial charge in [-0.25, -0.2) is 0 Å². The molecule has 124 valence electrons. The largest absolute Gasteiger partial charge is 0.375 e. The summed E-state index contributed by atoms with van der Waals surface area (Å²) in [5.41, 5.74) is 1.38. The van der Waals surface area contributed by atoms with E-state index < -0.39 is 0 Å². The minimum absolute atomic E-state index is 0.299. The monoisotopic (exact) mass is 330 g/mol. The molecular weight excluding hydrogens is 304 g/mol. The normalized spacial score (nSPS) is 21.7. The SMILES string of the molecule is CN(CCCC1OCCNC1c1cccs1)Cc1ccccc1. The van der Waals surface area contributed by atoms with Gasteiger partial charge in [-0.1, -0.05) is 36.4 Å². The number of morpholine rings is 1. The van der Waals surface area contributed by atoms with Crippen LogP contribution < -0.4 is 5.32 Å². The summed E-state index contributed by atoms with van der Waals surface area (Å²) in [5, 5.41) is 5.77. The molecule has 0 bridgehead atoms. The molecule has 1 aromatic carbocycles. The minimum atomic E-state index is 0.299. The van der Waals surface area contributed by atoms with Crippen LogP contribution in [0.2, 0.25) is 0 Å².